The van der Waals surface area contributed by atoms with Crippen molar-refractivity contribution in [2.75, 3.05) is 5.32 Å². The number of sulfonamides is 1. The molecule has 2 N–H and O–H groups in total. The molecule has 23 heavy (non-hydrogen) atoms. The predicted octanol–water partition coefficient (Wildman–Crippen LogP) is 2.25. The normalized spacial score (nSPS) is 12.9. The number of amides is 1. The van der Waals surface area contributed by atoms with Crippen LogP contribution >= 0.6 is 11.6 Å². The minimum absolute atomic E-state index is 0.0556. The first-order valence-electron chi connectivity index (χ1n) is 6.72. The summed E-state index contributed by atoms with van der Waals surface area (Å²) in [6, 6.07) is 5.57. The molecule has 1 atom stereocenters. The lowest BCUT2D eigenvalue weighted by atomic mass is 10.3. The Morgan fingerprint density at radius 3 is 2.61 bits per heavy atom. The van der Waals surface area contributed by atoms with Crippen LogP contribution in [0.2, 0.25) is 5.02 Å². The zero-order valence-electron chi connectivity index (χ0n) is 12.8. The molecule has 2 rings (SSSR count). The highest BCUT2D eigenvalue weighted by Crippen LogP contribution is 2.19. The van der Waals surface area contributed by atoms with Gasteiger partial charge in [-0.3, -0.25) is 4.79 Å². The first-order chi connectivity index (χ1) is 10.7. The summed E-state index contributed by atoms with van der Waals surface area (Å²) >= 11 is 5.84. The summed E-state index contributed by atoms with van der Waals surface area (Å²) in [5.41, 5.74) is 0.711. The Balaban J connectivity index is 2.12. The number of carbonyl (C=O) groups is 1. The maximum atomic E-state index is 12.3. The van der Waals surface area contributed by atoms with E-state index in [-0.39, 0.29) is 16.3 Å². The molecule has 0 aliphatic heterocycles. The van der Waals surface area contributed by atoms with Gasteiger partial charge in [0.15, 0.2) is 5.76 Å². The van der Waals surface area contributed by atoms with Gasteiger partial charge in [-0.2, -0.15) is 4.72 Å². The van der Waals surface area contributed by atoms with Crippen LogP contribution in [0.25, 0.3) is 0 Å². The molecule has 0 bridgehead atoms. The van der Waals surface area contributed by atoms with Crippen LogP contribution in [-0.4, -0.2) is 25.5 Å². The summed E-state index contributed by atoms with van der Waals surface area (Å²) < 4.78 is 31.8. The van der Waals surface area contributed by atoms with Gasteiger partial charge in [-0.25, -0.2) is 8.42 Å². The molecule has 0 saturated carbocycles. The number of nitrogens with zero attached hydrogens (tertiary/aromatic N) is 1. The minimum Gasteiger partial charge on any atom is -0.360 e. The van der Waals surface area contributed by atoms with Crippen molar-refractivity contribution in [2.24, 2.45) is 0 Å². The monoisotopic (exact) mass is 357 g/mol. The van der Waals surface area contributed by atoms with Crippen LogP contribution in [0.1, 0.15) is 18.4 Å². The van der Waals surface area contributed by atoms with Crippen LogP contribution in [0.5, 0.6) is 0 Å². The number of anilines is 1. The van der Waals surface area contributed by atoms with Gasteiger partial charge in [0.05, 0.1) is 6.04 Å². The van der Waals surface area contributed by atoms with Crippen molar-refractivity contribution in [3.8, 4) is 0 Å². The summed E-state index contributed by atoms with van der Waals surface area (Å²) in [7, 11) is -3.92. The molecule has 124 valence electrons. The van der Waals surface area contributed by atoms with Crippen LogP contribution in [0, 0.1) is 13.8 Å². The topological polar surface area (TPSA) is 101 Å². The van der Waals surface area contributed by atoms with Crippen molar-refractivity contribution >= 4 is 33.2 Å². The molecule has 0 saturated heterocycles. The number of aryl methyl sites for hydroxylation is 2. The van der Waals surface area contributed by atoms with Gasteiger partial charge in [0.25, 0.3) is 0 Å². The number of nitrogens with one attached hydrogen (secondary N) is 2. The third-order valence-corrected chi connectivity index (χ3v) is 5.07. The van der Waals surface area contributed by atoms with Crippen molar-refractivity contribution in [3.63, 3.8) is 0 Å². The molecule has 9 heteroatoms. The fraction of sp³-hybridized carbons (Fsp3) is 0.286. The number of aromatic nitrogens is 1. The van der Waals surface area contributed by atoms with Gasteiger partial charge in [0.1, 0.15) is 10.6 Å². The van der Waals surface area contributed by atoms with Crippen molar-refractivity contribution in [2.45, 2.75) is 31.7 Å². The van der Waals surface area contributed by atoms with Gasteiger partial charge in [-0.15, -0.1) is 0 Å². The van der Waals surface area contributed by atoms with E-state index in [9.17, 15) is 13.2 Å². The standard InChI is InChI=1S/C14H16ClN3O4S/c1-8-13(10(3)22-17-8)23(20,21)18-9(2)14(19)16-12-6-4-5-11(15)7-12/h4-7,9,18H,1-3H3,(H,16,19)/t9-/m0/s1. The number of halogens is 1. The Morgan fingerprint density at radius 1 is 1.35 bits per heavy atom. The number of hydrogen-bond acceptors (Lipinski definition) is 5. The molecule has 1 aromatic carbocycles. The summed E-state index contributed by atoms with van der Waals surface area (Å²) in [6.45, 7) is 4.45. The summed E-state index contributed by atoms with van der Waals surface area (Å²) in [4.78, 5) is 12.1. The first kappa shape index (κ1) is 17.5. The number of carbonyl (C=O) groups excluding carboxylic acids is 1. The van der Waals surface area contributed by atoms with Crippen LogP contribution in [0.3, 0.4) is 0 Å². The fourth-order valence-electron chi connectivity index (χ4n) is 2.02. The van der Waals surface area contributed by atoms with Crippen molar-refractivity contribution in [3.05, 3.63) is 40.7 Å². The molecule has 1 heterocycles. The molecule has 0 fully saturated rings. The second-order valence-electron chi connectivity index (χ2n) is 5.00. The summed E-state index contributed by atoms with van der Waals surface area (Å²) in [5, 5.41) is 6.66. The summed E-state index contributed by atoms with van der Waals surface area (Å²) in [5.74, 6) is -0.347. The predicted molar refractivity (Wildman–Crippen MR) is 85.8 cm³/mol. The lowest BCUT2D eigenvalue weighted by Crippen LogP contribution is -2.41. The van der Waals surface area contributed by atoms with E-state index in [1.54, 1.807) is 24.3 Å². The SMILES string of the molecule is Cc1noc(C)c1S(=O)(=O)N[C@@H](C)C(=O)Nc1cccc(Cl)c1. The largest absolute Gasteiger partial charge is 0.360 e. The molecule has 0 unspecified atom stereocenters. The third-order valence-electron chi connectivity index (χ3n) is 3.05. The Labute approximate surface area is 139 Å². The fourth-order valence-corrected chi connectivity index (χ4v) is 3.74. The molecule has 0 spiro atoms. The number of benzene rings is 1. The lowest BCUT2D eigenvalue weighted by Gasteiger charge is -2.14. The highest BCUT2D eigenvalue weighted by Gasteiger charge is 2.28. The zero-order valence-corrected chi connectivity index (χ0v) is 14.3. The van der Waals surface area contributed by atoms with Crippen LogP contribution < -0.4 is 10.0 Å². The molecular formula is C14H16ClN3O4S. The average Bonchev–Trinajstić information content (AvgIpc) is 2.78. The van der Waals surface area contributed by atoms with Gasteiger partial charge < -0.3 is 9.84 Å². The van der Waals surface area contributed by atoms with Gasteiger partial charge in [-0.05, 0) is 39.0 Å². The Kier molecular flexibility index (Phi) is 5.08. The van der Waals surface area contributed by atoms with E-state index < -0.39 is 22.0 Å². The molecule has 1 amide bonds. The minimum atomic E-state index is -3.92. The van der Waals surface area contributed by atoms with Gasteiger partial charge in [-0.1, -0.05) is 22.8 Å². The van der Waals surface area contributed by atoms with E-state index >= 15 is 0 Å². The molecule has 0 aliphatic rings. The van der Waals surface area contributed by atoms with Crippen LogP contribution in [0.4, 0.5) is 5.69 Å². The Morgan fingerprint density at radius 2 is 2.04 bits per heavy atom. The molecule has 0 aliphatic carbocycles. The Bertz CT molecular complexity index is 813. The van der Waals surface area contributed by atoms with Crippen molar-refractivity contribution in [1.82, 2.24) is 9.88 Å². The molecular weight excluding hydrogens is 342 g/mol. The second kappa shape index (κ2) is 6.69. The van der Waals surface area contributed by atoms with E-state index in [1.165, 1.54) is 20.8 Å². The van der Waals surface area contributed by atoms with E-state index in [2.05, 4.69) is 15.2 Å². The van der Waals surface area contributed by atoms with Crippen molar-refractivity contribution < 1.29 is 17.7 Å². The average molecular weight is 358 g/mol. The first-order valence-corrected chi connectivity index (χ1v) is 8.58. The molecule has 0 radical (unpaired) electrons. The van der Waals surface area contributed by atoms with E-state index in [0.29, 0.717) is 10.7 Å². The third kappa shape index (κ3) is 4.10. The van der Waals surface area contributed by atoms with Gasteiger partial charge >= 0.3 is 0 Å². The van der Waals surface area contributed by atoms with Crippen LogP contribution in [0.15, 0.2) is 33.7 Å². The van der Waals surface area contributed by atoms with E-state index in [0.717, 1.165) is 0 Å². The van der Waals surface area contributed by atoms with Crippen LogP contribution in [-0.2, 0) is 14.8 Å². The lowest BCUT2D eigenvalue weighted by molar-refractivity contribution is -0.117. The van der Waals surface area contributed by atoms with Gasteiger partial charge in [0, 0.05) is 10.7 Å². The van der Waals surface area contributed by atoms with E-state index in [4.69, 9.17) is 16.1 Å². The van der Waals surface area contributed by atoms with Gasteiger partial charge in [0.2, 0.25) is 15.9 Å². The number of rotatable bonds is 5. The smallest absolute Gasteiger partial charge is 0.246 e. The highest BCUT2D eigenvalue weighted by molar-refractivity contribution is 7.89. The highest BCUT2D eigenvalue weighted by atomic mass is 35.5. The van der Waals surface area contributed by atoms with Crippen molar-refractivity contribution in [1.29, 1.82) is 0 Å². The quantitative estimate of drug-likeness (QED) is 0.854. The molecule has 2 aromatic rings. The Hall–Kier alpha value is -1.90. The molecule has 7 nitrogen and oxygen atoms in total. The zero-order chi connectivity index (χ0) is 17.2. The number of hydrogen-bond donors (Lipinski definition) is 2. The van der Waals surface area contributed by atoms with E-state index in [1.807, 2.05) is 0 Å². The summed E-state index contributed by atoms with van der Waals surface area (Å²) in [6.07, 6.45) is 0. The second-order valence-corrected chi connectivity index (χ2v) is 7.08. The molecule has 1 aromatic heterocycles. The maximum Gasteiger partial charge on any atom is 0.246 e. The maximum absolute atomic E-state index is 12.3.